The van der Waals surface area contributed by atoms with Gasteiger partial charge >= 0.3 is 6.03 Å². The van der Waals surface area contributed by atoms with Crippen molar-refractivity contribution in [3.8, 4) is 0 Å². The van der Waals surface area contributed by atoms with E-state index >= 15 is 0 Å². The van der Waals surface area contributed by atoms with Crippen molar-refractivity contribution in [2.45, 2.75) is 48.4 Å². The van der Waals surface area contributed by atoms with Crippen LogP contribution in [0.1, 0.15) is 32.1 Å². The molecule has 0 bridgehead atoms. The molecule has 0 aromatic carbocycles. The average molecular weight is 413 g/mol. The number of hydrogen-bond acceptors (Lipinski definition) is 5. The lowest BCUT2D eigenvalue weighted by Gasteiger charge is -2.32. The molecule has 27 heavy (non-hydrogen) atoms. The molecule has 1 saturated carbocycles. The number of likely N-dealkylation sites (tertiary alicyclic amines) is 2. The summed E-state index contributed by atoms with van der Waals surface area (Å²) in [5.41, 5.74) is 0. The standard InChI is InChI=1S/C18H28N4O3S2/c23-18(19-12-14-5-8-22(13-14)16-3-4-16)21-9-6-15(7-10-21)20-27(24,25)17-2-1-11-26-17/h1-2,11,14-16,20H,3-10,12-13H2,(H,19,23). The molecular formula is C18H28N4O3S2. The van der Waals surface area contributed by atoms with Crippen LogP contribution in [-0.2, 0) is 10.0 Å². The summed E-state index contributed by atoms with van der Waals surface area (Å²) in [6, 6.07) is 4.04. The van der Waals surface area contributed by atoms with Crippen LogP contribution in [0.4, 0.5) is 4.79 Å². The van der Waals surface area contributed by atoms with Crippen LogP contribution in [0.15, 0.2) is 21.7 Å². The fourth-order valence-electron chi connectivity index (χ4n) is 4.04. The first-order valence-corrected chi connectivity index (χ1v) is 12.2. The molecule has 1 aliphatic carbocycles. The summed E-state index contributed by atoms with van der Waals surface area (Å²) in [4.78, 5) is 16.8. The molecule has 3 fully saturated rings. The number of urea groups is 1. The summed E-state index contributed by atoms with van der Waals surface area (Å²) >= 11 is 1.22. The molecule has 0 spiro atoms. The van der Waals surface area contributed by atoms with Crippen molar-refractivity contribution in [1.29, 1.82) is 0 Å². The number of carbonyl (C=O) groups excluding carboxylic acids is 1. The van der Waals surface area contributed by atoms with Crippen LogP contribution < -0.4 is 10.0 Å². The summed E-state index contributed by atoms with van der Waals surface area (Å²) in [6.45, 7) is 4.19. The maximum atomic E-state index is 12.4. The van der Waals surface area contributed by atoms with Crippen molar-refractivity contribution >= 4 is 27.4 Å². The number of amides is 2. The Labute approximate surface area is 165 Å². The Morgan fingerprint density at radius 2 is 1.93 bits per heavy atom. The van der Waals surface area contributed by atoms with Crippen LogP contribution in [0.2, 0.25) is 0 Å². The molecule has 2 saturated heterocycles. The molecule has 9 heteroatoms. The van der Waals surface area contributed by atoms with Crippen LogP contribution in [0.5, 0.6) is 0 Å². The van der Waals surface area contributed by atoms with E-state index < -0.39 is 10.0 Å². The average Bonchev–Trinajstić information content (AvgIpc) is 3.16. The quantitative estimate of drug-likeness (QED) is 0.745. The van der Waals surface area contributed by atoms with E-state index in [4.69, 9.17) is 0 Å². The van der Waals surface area contributed by atoms with Crippen molar-refractivity contribution in [2.75, 3.05) is 32.7 Å². The van der Waals surface area contributed by atoms with Gasteiger partial charge in [0.15, 0.2) is 0 Å². The Morgan fingerprint density at radius 1 is 1.15 bits per heavy atom. The van der Waals surface area contributed by atoms with Crippen LogP contribution in [-0.4, -0.2) is 69.1 Å². The molecule has 1 unspecified atom stereocenters. The van der Waals surface area contributed by atoms with Gasteiger partial charge in [0.25, 0.3) is 0 Å². The van der Waals surface area contributed by atoms with Crippen molar-refractivity contribution < 1.29 is 13.2 Å². The Bertz CT molecular complexity index is 741. The molecular weight excluding hydrogens is 384 g/mol. The molecule has 2 aliphatic heterocycles. The predicted molar refractivity (Wildman–Crippen MR) is 105 cm³/mol. The SMILES string of the molecule is O=C(NCC1CCN(C2CC2)C1)N1CCC(NS(=O)(=O)c2cccs2)CC1. The maximum absolute atomic E-state index is 12.4. The van der Waals surface area contributed by atoms with E-state index in [2.05, 4.69) is 14.9 Å². The molecule has 1 aromatic rings. The molecule has 1 aromatic heterocycles. The van der Waals surface area contributed by atoms with Crippen molar-refractivity contribution in [3.63, 3.8) is 0 Å². The second-order valence-electron chi connectivity index (χ2n) is 7.88. The lowest BCUT2D eigenvalue weighted by atomic mass is 10.1. The first-order chi connectivity index (χ1) is 13.0. The topological polar surface area (TPSA) is 81.8 Å². The second-order valence-corrected chi connectivity index (χ2v) is 10.8. The highest BCUT2D eigenvalue weighted by atomic mass is 32.2. The Balaban J connectivity index is 1.18. The van der Waals surface area contributed by atoms with E-state index in [0.717, 1.165) is 19.1 Å². The van der Waals surface area contributed by atoms with E-state index in [1.165, 1.54) is 37.1 Å². The Kier molecular flexibility index (Phi) is 5.73. The second kappa shape index (κ2) is 8.06. The monoisotopic (exact) mass is 412 g/mol. The third kappa shape index (κ3) is 4.82. The lowest BCUT2D eigenvalue weighted by molar-refractivity contribution is 0.178. The minimum absolute atomic E-state index is 0.0144. The van der Waals surface area contributed by atoms with Gasteiger partial charge in [0.05, 0.1) is 0 Å². The fraction of sp³-hybridized carbons (Fsp3) is 0.722. The number of carbonyl (C=O) groups is 1. The summed E-state index contributed by atoms with van der Waals surface area (Å²) in [5, 5.41) is 4.84. The van der Waals surface area contributed by atoms with Gasteiger partial charge in [-0.1, -0.05) is 6.07 Å². The maximum Gasteiger partial charge on any atom is 0.317 e. The summed E-state index contributed by atoms with van der Waals surface area (Å²) in [5.74, 6) is 0.560. The first-order valence-electron chi connectivity index (χ1n) is 9.84. The number of rotatable bonds is 6. The summed E-state index contributed by atoms with van der Waals surface area (Å²) in [7, 11) is -3.44. The highest BCUT2D eigenvalue weighted by Gasteiger charge is 2.34. The molecule has 1 atom stereocenters. The lowest BCUT2D eigenvalue weighted by Crippen LogP contribution is -2.50. The van der Waals surface area contributed by atoms with Crippen LogP contribution in [0, 0.1) is 5.92 Å². The van der Waals surface area contributed by atoms with E-state index in [9.17, 15) is 13.2 Å². The van der Waals surface area contributed by atoms with Gasteiger partial charge in [-0.05, 0) is 56.0 Å². The fourth-order valence-corrected chi connectivity index (χ4v) is 6.35. The number of nitrogens with zero attached hydrogens (tertiary/aromatic N) is 2. The molecule has 4 rings (SSSR count). The zero-order valence-corrected chi connectivity index (χ0v) is 17.1. The van der Waals surface area contributed by atoms with Gasteiger partial charge in [-0.15, -0.1) is 11.3 Å². The molecule has 3 aliphatic rings. The molecule has 150 valence electrons. The van der Waals surface area contributed by atoms with Crippen molar-refractivity contribution in [1.82, 2.24) is 19.8 Å². The minimum Gasteiger partial charge on any atom is -0.338 e. The van der Waals surface area contributed by atoms with E-state index in [1.54, 1.807) is 17.5 Å². The van der Waals surface area contributed by atoms with Gasteiger partial charge in [0.1, 0.15) is 4.21 Å². The van der Waals surface area contributed by atoms with E-state index in [-0.39, 0.29) is 12.1 Å². The Morgan fingerprint density at radius 3 is 2.59 bits per heavy atom. The van der Waals surface area contributed by atoms with Crippen molar-refractivity contribution in [2.24, 2.45) is 5.92 Å². The first kappa shape index (κ1) is 19.2. The van der Waals surface area contributed by atoms with Gasteiger partial charge < -0.3 is 15.1 Å². The van der Waals surface area contributed by atoms with Gasteiger partial charge in [0, 0.05) is 38.3 Å². The van der Waals surface area contributed by atoms with Crippen LogP contribution in [0.3, 0.4) is 0 Å². The summed E-state index contributed by atoms with van der Waals surface area (Å²) in [6.07, 6.45) is 5.14. The van der Waals surface area contributed by atoms with Gasteiger partial charge in [-0.2, -0.15) is 0 Å². The normalized spacial score (nSPS) is 25.0. The predicted octanol–water partition coefficient (Wildman–Crippen LogP) is 1.68. The minimum atomic E-state index is -3.44. The van der Waals surface area contributed by atoms with Crippen LogP contribution >= 0.6 is 11.3 Å². The molecule has 7 nitrogen and oxygen atoms in total. The van der Waals surface area contributed by atoms with E-state index in [0.29, 0.717) is 36.1 Å². The third-order valence-corrected chi connectivity index (χ3v) is 8.70. The third-order valence-electron chi connectivity index (χ3n) is 5.79. The highest BCUT2D eigenvalue weighted by Crippen LogP contribution is 2.31. The molecule has 2 N–H and O–H groups in total. The molecule has 3 heterocycles. The van der Waals surface area contributed by atoms with Gasteiger partial charge in [0.2, 0.25) is 10.0 Å². The number of sulfonamides is 1. The van der Waals surface area contributed by atoms with Gasteiger partial charge in [-0.3, -0.25) is 0 Å². The van der Waals surface area contributed by atoms with Crippen molar-refractivity contribution in [3.05, 3.63) is 17.5 Å². The number of hydrogen-bond donors (Lipinski definition) is 2. The molecule has 0 radical (unpaired) electrons. The number of nitrogens with one attached hydrogen (secondary N) is 2. The highest BCUT2D eigenvalue weighted by molar-refractivity contribution is 7.91. The van der Waals surface area contributed by atoms with Crippen LogP contribution in [0.25, 0.3) is 0 Å². The zero-order valence-electron chi connectivity index (χ0n) is 15.5. The Hall–Kier alpha value is -1.16. The summed E-state index contributed by atoms with van der Waals surface area (Å²) < 4.78 is 27.7. The largest absolute Gasteiger partial charge is 0.338 e. The molecule has 2 amide bonds. The van der Waals surface area contributed by atoms with E-state index in [1.807, 2.05) is 4.90 Å². The zero-order chi connectivity index (χ0) is 18.9. The smallest absolute Gasteiger partial charge is 0.317 e. The number of thiophene rings is 1. The van der Waals surface area contributed by atoms with Gasteiger partial charge in [-0.25, -0.2) is 17.9 Å². The number of piperidine rings is 1.